The normalized spacial score (nSPS) is 20.8. The third-order valence-corrected chi connectivity index (χ3v) is 2.60. The highest BCUT2D eigenvalue weighted by molar-refractivity contribution is 5.82. The molecule has 2 rings (SSSR count). The van der Waals surface area contributed by atoms with E-state index in [1.54, 1.807) is 17.2 Å². The van der Waals surface area contributed by atoms with Crippen LogP contribution in [0.4, 0.5) is 0 Å². The summed E-state index contributed by atoms with van der Waals surface area (Å²) >= 11 is 0. The van der Waals surface area contributed by atoms with Crippen LogP contribution in [0.5, 0.6) is 0 Å². The summed E-state index contributed by atoms with van der Waals surface area (Å²) in [6.07, 6.45) is 1.81. The van der Waals surface area contributed by atoms with Crippen molar-refractivity contribution in [1.82, 2.24) is 10.2 Å². The highest BCUT2D eigenvalue weighted by atomic mass is 16.3. The summed E-state index contributed by atoms with van der Waals surface area (Å²) in [6, 6.07) is 5.29. The molecule has 1 aliphatic heterocycles. The van der Waals surface area contributed by atoms with E-state index in [9.17, 15) is 4.79 Å². The van der Waals surface area contributed by atoms with E-state index in [4.69, 9.17) is 9.68 Å². The Morgan fingerprint density at radius 3 is 3.25 bits per heavy atom. The molecule has 1 atom stereocenters. The van der Waals surface area contributed by atoms with Gasteiger partial charge in [0.05, 0.1) is 25.3 Å². The fourth-order valence-electron chi connectivity index (χ4n) is 1.79. The molecule has 0 saturated carbocycles. The molecule has 1 aromatic heterocycles. The van der Waals surface area contributed by atoms with Crippen LogP contribution in [0.15, 0.2) is 22.8 Å². The van der Waals surface area contributed by atoms with Gasteiger partial charge in [-0.1, -0.05) is 0 Å². The number of amides is 1. The molecule has 0 bridgehead atoms. The molecule has 1 aromatic rings. The van der Waals surface area contributed by atoms with Crippen LogP contribution in [0.25, 0.3) is 0 Å². The van der Waals surface area contributed by atoms with E-state index in [-0.39, 0.29) is 18.4 Å². The Bertz CT molecular complexity index is 394. The summed E-state index contributed by atoms with van der Waals surface area (Å²) in [5, 5.41) is 11.6. The number of nitrogens with zero attached hydrogens (tertiary/aromatic N) is 2. The molecule has 0 aromatic carbocycles. The van der Waals surface area contributed by atoms with Crippen molar-refractivity contribution in [3.63, 3.8) is 0 Å². The molecule has 5 nitrogen and oxygen atoms in total. The van der Waals surface area contributed by atoms with Crippen LogP contribution >= 0.6 is 0 Å². The van der Waals surface area contributed by atoms with Crippen LogP contribution in [0.1, 0.15) is 12.2 Å². The summed E-state index contributed by atoms with van der Waals surface area (Å²) in [5.41, 5.74) is 0. The Hall–Kier alpha value is -1.80. The molecule has 1 unspecified atom stereocenters. The van der Waals surface area contributed by atoms with Crippen LogP contribution in [0, 0.1) is 11.3 Å². The quantitative estimate of drug-likeness (QED) is 0.803. The SMILES string of the molecule is N#CCC1NCCN(Cc2ccco2)C1=O. The zero-order valence-electron chi connectivity index (χ0n) is 8.85. The molecule has 1 aliphatic rings. The van der Waals surface area contributed by atoms with Crippen molar-refractivity contribution in [2.24, 2.45) is 0 Å². The molecule has 16 heavy (non-hydrogen) atoms. The van der Waals surface area contributed by atoms with Gasteiger partial charge in [0.15, 0.2) is 0 Å². The topological polar surface area (TPSA) is 69.3 Å². The van der Waals surface area contributed by atoms with Gasteiger partial charge < -0.3 is 14.6 Å². The maximum absolute atomic E-state index is 11.9. The first-order chi connectivity index (χ1) is 7.81. The van der Waals surface area contributed by atoms with Gasteiger partial charge >= 0.3 is 0 Å². The molecule has 1 saturated heterocycles. The van der Waals surface area contributed by atoms with Gasteiger partial charge in [-0.3, -0.25) is 4.79 Å². The maximum atomic E-state index is 11.9. The second-order valence-electron chi connectivity index (χ2n) is 3.71. The summed E-state index contributed by atoms with van der Waals surface area (Å²) in [5.74, 6) is 0.746. The predicted octanol–water partition coefficient (Wildman–Crippen LogP) is 0.494. The average Bonchev–Trinajstić information content (AvgIpc) is 2.77. The number of hydrogen-bond acceptors (Lipinski definition) is 4. The lowest BCUT2D eigenvalue weighted by Gasteiger charge is -2.31. The number of hydrogen-bond donors (Lipinski definition) is 1. The predicted molar refractivity (Wildman–Crippen MR) is 56.1 cm³/mol. The molecule has 0 spiro atoms. The minimum Gasteiger partial charge on any atom is -0.467 e. The lowest BCUT2D eigenvalue weighted by Crippen LogP contribution is -2.54. The number of carbonyl (C=O) groups is 1. The summed E-state index contributed by atoms with van der Waals surface area (Å²) in [7, 11) is 0. The van der Waals surface area contributed by atoms with Gasteiger partial charge in [0.25, 0.3) is 0 Å². The number of nitrogens with one attached hydrogen (secondary N) is 1. The largest absolute Gasteiger partial charge is 0.467 e. The molecule has 5 heteroatoms. The van der Waals surface area contributed by atoms with Crippen molar-refractivity contribution in [3.8, 4) is 6.07 Å². The second-order valence-corrected chi connectivity index (χ2v) is 3.71. The van der Waals surface area contributed by atoms with E-state index in [0.717, 1.165) is 12.3 Å². The van der Waals surface area contributed by atoms with E-state index in [0.29, 0.717) is 13.1 Å². The van der Waals surface area contributed by atoms with E-state index in [2.05, 4.69) is 5.32 Å². The van der Waals surface area contributed by atoms with Gasteiger partial charge in [0.2, 0.25) is 5.91 Å². The van der Waals surface area contributed by atoms with Gasteiger partial charge in [-0.25, -0.2) is 0 Å². The number of rotatable bonds is 3. The Morgan fingerprint density at radius 2 is 2.56 bits per heavy atom. The highest BCUT2D eigenvalue weighted by Gasteiger charge is 2.28. The first kappa shape index (κ1) is 10.7. The van der Waals surface area contributed by atoms with Gasteiger partial charge in [0.1, 0.15) is 11.8 Å². The summed E-state index contributed by atoms with van der Waals surface area (Å²) in [4.78, 5) is 13.6. The lowest BCUT2D eigenvalue weighted by atomic mass is 10.1. The Morgan fingerprint density at radius 1 is 1.69 bits per heavy atom. The fourth-order valence-corrected chi connectivity index (χ4v) is 1.79. The average molecular weight is 219 g/mol. The van der Waals surface area contributed by atoms with Crippen molar-refractivity contribution in [2.45, 2.75) is 19.0 Å². The number of carbonyl (C=O) groups excluding carboxylic acids is 1. The Kier molecular flexibility index (Phi) is 3.22. The van der Waals surface area contributed by atoms with Crippen LogP contribution in [-0.2, 0) is 11.3 Å². The van der Waals surface area contributed by atoms with Crippen LogP contribution in [-0.4, -0.2) is 29.9 Å². The third-order valence-electron chi connectivity index (χ3n) is 2.60. The van der Waals surface area contributed by atoms with E-state index >= 15 is 0 Å². The molecule has 1 N–H and O–H groups in total. The standard InChI is InChI=1S/C11H13N3O2/c12-4-3-10-11(15)14(6-5-13-10)8-9-2-1-7-16-9/h1-2,7,10,13H,3,5-6,8H2. The Balaban J connectivity index is 1.99. The van der Waals surface area contributed by atoms with Crippen molar-refractivity contribution in [2.75, 3.05) is 13.1 Å². The lowest BCUT2D eigenvalue weighted by molar-refractivity contribution is -0.136. The van der Waals surface area contributed by atoms with E-state index in [1.165, 1.54) is 0 Å². The summed E-state index contributed by atoms with van der Waals surface area (Å²) in [6.45, 7) is 1.86. The minimum absolute atomic E-state index is 0.0239. The molecule has 2 heterocycles. The van der Waals surface area contributed by atoms with Gasteiger partial charge in [-0.15, -0.1) is 0 Å². The third kappa shape index (κ3) is 2.23. The monoisotopic (exact) mass is 219 g/mol. The van der Waals surface area contributed by atoms with E-state index < -0.39 is 0 Å². The van der Waals surface area contributed by atoms with Gasteiger partial charge in [-0.2, -0.15) is 5.26 Å². The smallest absolute Gasteiger partial charge is 0.241 e. The zero-order chi connectivity index (χ0) is 11.4. The van der Waals surface area contributed by atoms with Gasteiger partial charge in [0, 0.05) is 13.1 Å². The zero-order valence-corrected chi connectivity index (χ0v) is 8.85. The second kappa shape index (κ2) is 4.81. The minimum atomic E-state index is -0.367. The van der Waals surface area contributed by atoms with E-state index in [1.807, 2.05) is 12.1 Å². The molecule has 1 fully saturated rings. The molecule has 0 radical (unpaired) electrons. The molecular weight excluding hydrogens is 206 g/mol. The summed E-state index contributed by atoms with van der Waals surface area (Å²) < 4.78 is 5.20. The fraction of sp³-hybridized carbons (Fsp3) is 0.455. The van der Waals surface area contributed by atoms with Crippen LogP contribution in [0.3, 0.4) is 0 Å². The highest BCUT2D eigenvalue weighted by Crippen LogP contribution is 2.10. The molecule has 1 amide bonds. The molecular formula is C11H13N3O2. The number of furan rings is 1. The molecule has 0 aliphatic carbocycles. The first-order valence-corrected chi connectivity index (χ1v) is 5.23. The van der Waals surface area contributed by atoms with Crippen molar-refractivity contribution in [3.05, 3.63) is 24.2 Å². The van der Waals surface area contributed by atoms with Crippen molar-refractivity contribution in [1.29, 1.82) is 5.26 Å². The number of piperazine rings is 1. The molecule has 84 valence electrons. The Labute approximate surface area is 93.6 Å². The first-order valence-electron chi connectivity index (χ1n) is 5.23. The number of nitriles is 1. The van der Waals surface area contributed by atoms with Gasteiger partial charge in [-0.05, 0) is 12.1 Å². The van der Waals surface area contributed by atoms with Crippen molar-refractivity contribution >= 4 is 5.91 Å². The maximum Gasteiger partial charge on any atom is 0.241 e. The van der Waals surface area contributed by atoms with Crippen LogP contribution in [0.2, 0.25) is 0 Å². The van der Waals surface area contributed by atoms with Crippen LogP contribution < -0.4 is 5.32 Å². The van der Waals surface area contributed by atoms with Crippen molar-refractivity contribution < 1.29 is 9.21 Å².